The Bertz CT molecular complexity index is 817. The number of rotatable bonds is 2. The summed E-state index contributed by atoms with van der Waals surface area (Å²) in [6.45, 7) is 3.70. The van der Waals surface area contributed by atoms with Gasteiger partial charge < -0.3 is 4.90 Å². The van der Waals surface area contributed by atoms with E-state index in [1.165, 1.54) is 15.3 Å². The summed E-state index contributed by atoms with van der Waals surface area (Å²) >= 11 is 5.30. The second-order valence-electron chi connectivity index (χ2n) is 6.04. The van der Waals surface area contributed by atoms with Crippen LogP contribution in [0.25, 0.3) is 0 Å². The highest BCUT2D eigenvalue weighted by atomic mass is 79.9. The Labute approximate surface area is 146 Å². The van der Waals surface area contributed by atoms with Crippen molar-refractivity contribution >= 4 is 44.6 Å². The molecule has 118 valence electrons. The second-order valence-corrected chi connectivity index (χ2v) is 7.89. The lowest BCUT2D eigenvalue weighted by Crippen LogP contribution is -3.14. The number of nitrogens with one attached hydrogen (secondary N) is 1. The van der Waals surface area contributed by atoms with Gasteiger partial charge in [-0.3, -0.25) is 14.5 Å². The molecular formula is C17H16BrN2O2S+. The number of hydrogen-bond acceptors (Lipinski definition) is 3. The largest absolute Gasteiger partial charge is 0.311 e. The van der Waals surface area contributed by atoms with E-state index in [9.17, 15) is 9.59 Å². The number of thiophene rings is 1. The number of para-hydroxylation sites is 1. The summed E-state index contributed by atoms with van der Waals surface area (Å²) in [4.78, 5) is 29.1. The number of carbonyl (C=O) groups is 2. The maximum Gasteiger partial charge on any atom is 0.303 e. The topological polar surface area (TPSA) is 41.8 Å². The van der Waals surface area contributed by atoms with Crippen LogP contribution in [0.2, 0.25) is 0 Å². The van der Waals surface area contributed by atoms with Gasteiger partial charge in [-0.15, -0.1) is 11.3 Å². The second kappa shape index (κ2) is 5.54. The van der Waals surface area contributed by atoms with Crippen LogP contribution in [0.3, 0.4) is 0 Å². The van der Waals surface area contributed by atoms with E-state index in [1.807, 2.05) is 17.4 Å². The predicted octanol–water partition coefficient (Wildman–Crippen LogP) is 2.20. The molecule has 0 bridgehead atoms. The first-order valence-corrected chi connectivity index (χ1v) is 9.30. The summed E-state index contributed by atoms with van der Waals surface area (Å²) in [6, 6.07) is 7.92. The van der Waals surface area contributed by atoms with Crippen molar-refractivity contribution in [2.75, 3.05) is 18.1 Å². The summed E-state index contributed by atoms with van der Waals surface area (Å²) < 4.78 is 0.800. The quantitative estimate of drug-likeness (QED) is 0.797. The van der Waals surface area contributed by atoms with Crippen LogP contribution >= 0.6 is 27.3 Å². The lowest BCUT2D eigenvalue weighted by Gasteiger charge is -2.33. The molecule has 0 saturated carbocycles. The molecule has 3 heterocycles. The van der Waals surface area contributed by atoms with Crippen molar-refractivity contribution < 1.29 is 14.5 Å². The van der Waals surface area contributed by atoms with Gasteiger partial charge in [0.15, 0.2) is 6.67 Å². The SMILES string of the molecule is C[C@H]1c2ccsc2CC[NH+]1CN1C(=O)C(=O)c2cccc(Br)c21. The Morgan fingerprint density at radius 1 is 1.35 bits per heavy atom. The number of quaternary nitrogens is 1. The molecular weight excluding hydrogens is 376 g/mol. The smallest absolute Gasteiger partial charge is 0.303 e. The standard InChI is InChI=1S/C17H15BrN2O2S/c1-10-11-6-8-23-14(11)5-7-19(10)9-20-15-12(16(21)17(20)22)3-2-4-13(15)18/h2-4,6,8,10H,5,7,9H2,1H3/p+1/t10-/m0/s1. The van der Waals surface area contributed by atoms with E-state index in [0.29, 0.717) is 18.3 Å². The van der Waals surface area contributed by atoms with Gasteiger partial charge in [-0.2, -0.15) is 0 Å². The number of anilines is 1. The van der Waals surface area contributed by atoms with Crippen LogP contribution in [0.1, 0.15) is 33.8 Å². The van der Waals surface area contributed by atoms with Crippen molar-refractivity contribution in [1.82, 2.24) is 0 Å². The van der Waals surface area contributed by atoms with Crippen molar-refractivity contribution in [1.29, 1.82) is 0 Å². The fraction of sp³-hybridized carbons (Fsp3) is 0.294. The van der Waals surface area contributed by atoms with Gasteiger partial charge in [-0.05, 0) is 46.4 Å². The summed E-state index contributed by atoms with van der Waals surface area (Å²) in [5.74, 6) is -0.815. The number of ketones is 1. The summed E-state index contributed by atoms with van der Waals surface area (Å²) in [7, 11) is 0. The fourth-order valence-electron chi connectivity index (χ4n) is 3.53. The van der Waals surface area contributed by atoms with Gasteiger partial charge in [-0.25, -0.2) is 0 Å². The number of amides is 1. The maximum atomic E-state index is 12.4. The minimum atomic E-state index is -0.414. The monoisotopic (exact) mass is 391 g/mol. The van der Waals surface area contributed by atoms with E-state index < -0.39 is 11.7 Å². The van der Waals surface area contributed by atoms with E-state index in [-0.39, 0.29) is 0 Å². The van der Waals surface area contributed by atoms with E-state index in [4.69, 9.17) is 0 Å². The molecule has 0 fully saturated rings. The molecule has 0 saturated heterocycles. The molecule has 1 aromatic carbocycles. The molecule has 6 heteroatoms. The number of carbonyl (C=O) groups excluding carboxylic acids is 2. The first kappa shape index (κ1) is 15.1. The Morgan fingerprint density at radius 2 is 2.17 bits per heavy atom. The van der Waals surface area contributed by atoms with E-state index in [1.54, 1.807) is 17.0 Å². The molecule has 2 aromatic rings. The van der Waals surface area contributed by atoms with Gasteiger partial charge in [0.05, 0.1) is 17.8 Å². The van der Waals surface area contributed by atoms with Crippen LogP contribution in [-0.2, 0) is 11.2 Å². The molecule has 4 rings (SSSR count). The number of fused-ring (bicyclic) bond motifs is 2. The summed E-state index contributed by atoms with van der Waals surface area (Å²) in [5.41, 5.74) is 2.60. The highest BCUT2D eigenvalue weighted by molar-refractivity contribution is 9.10. The molecule has 1 N–H and O–H groups in total. The number of nitrogens with zero attached hydrogens (tertiary/aromatic N) is 1. The van der Waals surface area contributed by atoms with Crippen molar-refractivity contribution in [3.63, 3.8) is 0 Å². The molecule has 0 aliphatic carbocycles. The van der Waals surface area contributed by atoms with Crippen LogP contribution in [0.4, 0.5) is 5.69 Å². The lowest BCUT2D eigenvalue weighted by atomic mass is 10.0. The van der Waals surface area contributed by atoms with Crippen LogP contribution in [-0.4, -0.2) is 24.9 Å². The average Bonchev–Trinajstić information content (AvgIpc) is 3.10. The molecule has 0 radical (unpaired) electrons. The fourth-order valence-corrected chi connectivity index (χ4v) is 5.09. The van der Waals surface area contributed by atoms with E-state index >= 15 is 0 Å². The van der Waals surface area contributed by atoms with Crippen molar-refractivity contribution in [2.45, 2.75) is 19.4 Å². The Balaban J connectivity index is 1.66. The number of hydrogen-bond donors (Lipinski definition) is 1. The van der Waals surface area contributed by atoms with Gasteiger partial charge in [-0.1, -0.05) is 6.07 Å². The van der Waals surface area contributed by atoms with Crippen LogP contribution in [0, 0.1) is 0 Å². The molecule has 4 nitrogen and oxygen atoms in total. The van der Waals surface area contributed by atoms with Crippen LogP contribution in [0.15, 0.2) is 34.1 Å². The highest BCUT2D eigenvalue weighted by Crippen LogP contribution is 2.35. The number of Topliss-reactive ketones (excluding diaryl/α,β-unsaturated/α-hetero) is 1. The molecule has 1 amide bonds. The summed E-state index contributed by atoms with van der Waals surface area (Å²) in [6.07, 6.45) is 1.03. The van der Waals surface area contributed by atoms with Crippen molar-refractivity contribution in [3.05, 3.63) is 50.1 Å². The van der Waals surface area contributed by atoms with Gasteiger partial charge >= 0.3 is 5.91 Å². The van der Waals surface area contributed by atoms with Crippen LogP contribution in [0.5, 0.6) is 0 Å². The van der Waals surface area contributed by atoms with Gasteiger partial charge in [0.1, 0.15) is 6.04 Å². The first-order valence-electron chi connectivity index (χ1n) is 7.63. The van der Waals surface area contributed by atoms with Crippen molar-refractivity contribution in [2.24, 2.45) is 0 Å². The third kappa shape index (κ3) is 2.28. The number of benzene rings is 1. The first-order chi connectivity index (χ1) is 11.1. The van der Waals surface area contributed by atoms with E-state index in [2.05, 4.69) is 34.3 Å². The Kier molecular flexibility index (Phi) is 3.63. The molecule has 0 spiro atoms. The van der Waals surface area contributed by atoms with Gasteiger partial charge in [0.25, 0.3) is 5.78 Å². The minimum Gasteiger partial charge on any atom is -0.311 e. The molecule has 2 aliphatic heterocycles. The lowest BCUT2D eigenvalue weighted by molar-refractivity contribution is -0.930. The van der Waals surface area contributed by atoms with Gasteiger partial charge in [0, 0.05) is 21.3 Å². The molecule has 1 aromatic heterocycles. The zero-order valence-corrected chi connectivity index (χ0v) is 15.0. The average molecular weight is 392 g/mol. The molecule has 1 unspecified atom stereocenters. The third-order valence-corrected chi connectivity index (χ3v) is 6.47. The zero-order valence-electron chi connectivity index (χ0n) is 12.6. The Morgan fingerprint density at radius 3 is 3.00 bits per heavy atom. The van der Waals surface area contributed by atoms with Gasteiger partial charge in [0.2, 0.25) is 0 Å². The number of halogens is 1. The van der Waals surface area contributed by atoms with Crippen molar-refractivity contribution in [3.8, 4) is 0 Å². The molecule has 2 aliphatic rings. The minimum absolute atomic E-state index is 0.333. The maximum absolute atomic E-state index is 12.4. The predicted molar refractivity (Wildman–Crippen MR) is 93.1 cm³/mol. The molecule has 2 atom stereocenters. The van der Waals surface area contributed by atoms with Crippen LogP contribution < -0.4 is 9.80 Å². The highest BCUT2D eigenvalue weighted by Gasteiger charge is 2.40. The Hall–Kier alpha value is -1.50. The summed E-state index contributed by atoms with van der Waals surface area (Å²) in [5, 5.41) is 2.14. The molecule has 23 heavy (non-hydrogen) atoms. The van der Waals surface area contributed by atoms with E-state index in [0.717, 1.165) is 23.1 Å². The normalized spacial score (nSPS) is 23.1. The third-order valence-electron chi connectivity index (χ3n) is 4.83. The zero-order chi connectivity index (χ0) is 16.1.